The van der Waals surface area contributed by atoms with Crippen LogP contribution in [0, 0.1) is 18.7 Å². The maximum atomic E-state index is 15.2. The number of nitrogens with one attached hydrogen (secondary N) is 1. The minimum absolute atomic E-state index is 0.0438. The van der Waals surface area contributed by atoms with Gasteiger partial charge in [0.25, 0.3) is 0 Å². The number of nitrogens with zero attached hydrogens (tertiary/aromatic N) is 2. The van der Waals surface area contributed by atoms with E-state index >= 15 is 4.39 Å². The Kier molecular flexibility index (Phi) is 6.15. The number of Topliss-reactive ketones (excluding diaryl/α,β-unsaturated/α-hetero) is 1. The van der Waals surface area contributed by atoms with E-state index in [9.17, 15) is 9.59 Å². The number of ketones is 1. The highest BCUT2D eigenvalue weighted by atomic mass is 19.1. The van der Waals surface area contributed by atoms with Gasteiger partial charge in [-0.25, -0.2) is 14.4 Å². The molecule has 7 heteroatoms. The molecule has 0 atom stereocenters. The van der Waals surface area contributed by atoms with Gasteiger partial charge in [-0.1, -0.05) is 32.9 Å². The van der Waals surface area contributed by atoms with Crippen molar-refractivity contribution in [2.24, 2.45) is 5.92 Å². The number of hydrogen-bond donors (Lipinski definition) is 1. The van der Waals surface area contributed by atoms with Crippen molar-refractivity contribution in [2.45, 2.75) is 58.8 Å². The predicted octanol–water partition coefficient (Wildman–Crippen LogP) is 5.65. The molecule has 172 valence electrons. The molecule has 0 unspecified atom stereocenters. The number of carbonyl (C=O) groups is 2. The number of aromatic nitrogens is 2. The van der Waals surface area contributed by atoms with E-state index in [1.807, 2.05) is 26.8 Å². The van der Waals surface area contributed by atoms with Crippen LogP contribution in [0.15, 0.2) is 41.1 Å². The SMILES string of the molecule is Cc1c(CCC(=O)c2cnc(C(C)(C)C)o2)ccc(-c2ccnc(NC(=O)C3CC3)c2)c1F. The van der Waals surface area contributed by atoms with E-state index in [0.717, 1.165) is 18.4 Å². The van der Waals surface area contributed by atoms with E-state index < -0.39 is 0 Å². The fourth-order valence-corrected chi connectivity index (χ4v) is 3.58. The molecule has 6 nitrogen and oxygen atoms in total. The highest BCUT2D eigenvalue weighted by molar-refractivity contribution is 5.94. The molecule has 0 bridgehead atoms. The van der Waals surface area contributed by atoms with E-state index in [-0.39, 0.29) is 41.0 Å². The summed E-state index contributed by atoms with van der Waals surface area (Å²) in [7, 11) is 0. The molecule has 1 saturated carbocycles. The Bertz CT molecular complexity index is 1210. The number of benzene rings is 1. The van der Waals surface area contributed by atoms with Crippen molar-refractivity contribution in [2.75, 3.05) is 5.32 Å². The Morgan fingerprint density at radius 2 is 1.94 bits per heavy atom. The zero-order valence-corrected chi connectivity index (χ0v) is 19.4. The van der Waals surface area contributed by atoms with Gasteiger partial charge in [-0.2, -0.15) is 0 Å². The lowest BCUT2D eigenvalue weighted by molar-refractivity contribution is -0.117. The second-order valence-corrected chi connectivity index (χ2v) is 9.61. The standard InChI is InChI=1S/C26H28FN3O3/c1-15-16(8-10-20(31)21-14-29-25(33-21)26(2,3)4)7-9-19(23(15)27)18-11-12-28-22(13-18)30-24(32)17-5-6-17/h7,9,11-14,17H,5-6,8,10H2,1-4H3,(H,28,30,32). The minimum atomic E-state index is -0.347. The molecule has 4 rings (SSSR count). The average Bonchev–Trinajstić information content (AvgIpc) is 3.49. The Morgan fingerprint density at radius 3 is 2.61 bits per heavy atom. The Labute approximate surface area is 192 Å². The summed E-state index contributed by atoms with van der Waals surface area (Å²) in [4.78, 5) is 32.9. The quantitative estimate of drug-likeness (QED) is 0.472. The number of halogens is 1. The molecule has 2 aromatic heterocycles. The third kappa shape index (κ3) is 5.18. The molecule has 1 aliphatic rings. The van der Waals surface area contributed by atoms with Gasteiger partial charge in [0, 0.05) is 29.5 Å². The molecule has 1 aromatic carbocycles. The lowest BCUT2D eigenvalue weighted by atomic mass is 9.96. The van der Waals surface area contributed by atoms with Gasteiger partial charge >= 0.3 is 0 Å². The maximum absolute atomic E-state index is 15.2. The topological polar surface area (TPSA) is 85.1 Å². The van der Waals surface area contributed by atoms with E-state index in [1.165, 1.54) is 6.20 Å². The molecule has 33 heavy (non-hydrogen) atoms. The molecule has 0 saturated heterocycles. The first-order valence-corrected chi connectivity index (χ1v) is 11.2. The number of aryl methyl sites for hydroxylation is 1. The maximum Gasteiger partial charge on any atom is 0.228 e. The number of rotatable bonds is 7. The van der Waals surface area contributed by atoms with Crippen LogP contribution in [0.25, 0.3) is 11.1 Å². The molecule has 0 aliphatic heterocycles. The van der Waals surface area contributed by atoms with Crippen LogP contribution in [0.1, 0.15) is 67.6 Å². The molecular formula is C26H28FN3O3. The Balaban J connectivity index is 1.47. The van der Waals surface area contributed by atoms with Gasteiger partial charge in [-0.05, 0) is 55.0 Å². The third-order valence-corrected chi connectivity index (χ3v) is 5.81. The van der Waals surface area contributed by atoms with Gasteiger partial charge in [0.05, 0.1) is 6.20 Å². The van der Waals surface area contributed by atoms with Gasteiger partial charge in [-0.3, -0.25) is 9.59 Å². The fraction of sp³-hybridized carbons (Fsp3) is 0.385. The molecule has 1 N–H and O–H groups in total. The van der Waals surface area contributed by atoms with Crippen molar-refractivity contribution >= 4 is 17.5 Å². The Hall–Kier alpha value is -3.35. The van der Waals surface area contributed by atoms with Crippen LogP contribution in [0.4, 0.5) is 10.2 Å². The molecule has 3 aromatic rings. The zero-order chi connectivity index (χ0) is 23.8. The van der Waals surface area contributed by atoms with Crippen molar-refractivity contribution in [3.8, 4) is 11.1 Å². The first-order valence-electron chi connectivity index (χ1n) is 11.2. The average molecular weight is 450 g/mol. The number of anilines is 1. The van der Waals surface area contributed by atoms with E-state index in [1.54, 1.807) is 31.3 Å². The largest absolute Gasteiger partial charge is 0.437 e. The number of amides is 1. The summed E-state index contributed by atoms with van der Waals surface area (Å²) in [5.41, 5.74) is 2.04. The van der Waals surface area contributed by atoms with Crippen LogP contribution in [-0.4, -0.2) is 21.7 Å². The van der Waals surface area contributed by atoms with Crippen LogP contribution in [0.5, 0.6) is 0 Å². The van der Waals surface area contributed by atoms with Gasteiger partial charge < -0.3 is 9.73 Å². The number of carbonyl (C=O) groups excluding carboxylic acids is 2. The summed E-state index contributed by atoms with van der Waals surface area (Å²) in [5.74, 6) is 0.672. The van der Waals surface area contributed by atoms with Gasteiger partial charge in [0.15, 0.2) is 17.4 Å². The van der Waals surface area contributed by atoms with E-state index in [0.29, 0.717) is 34.8 Å². The van der Waals surface area contributed by atoms with Crippen LogP contribution in [0.2, 0.25) is 0 Å². The molecule has 0 spiro atoms. The van der Waals surface area contributed by atoms with Crippen LogP contribution >= 0.6 is 0 Å². The summed E-state index contributed by atoms with van der Waals surface area (Å²) in [6.07, 6.45) is 5.41. The lowest BCUT2D eigenvalue weighted by Crippen LogP contribution is -2.14. The third-order valence-electron chi connectivity index (χ3n) is 5.81. The number of hydrogen-bond acceptors (Lipinski definition) is 5. The molecule has 1 fully saturated rings. The van der Waals surface area contributed by atoms with Crippen LogP contribution in [0.3, 0.4) is 0 Å². The first-order chi connectivity index (χ1) is 15.6. The summed E-state index contributed by atoms with van der Waals surface area (Å²) in [5, 5.41) is 2.79. The minimum Gasteiger partial charge on any atom is -0.437 e. The van der Waals surface area contributed by atoms with Crippen LogP contribution < -0.4 is 5.32 Å². The first kappa shape index (κ1) is 22.8. The molecule has 0 radical (unpaired) electrons. The predicted molar refractivity (Wildman–Crippen MR) is 124 cm³/mol. The van der Waals surface area contributed by atoms with Crippen molar-refractivity contribution in [3.63, 3.8) is 0 Å². The number of pyridine rings is 1. The normalized spacial score (nSPS) is 13.7. The second kappa shape index (κ2) is 8.89. The molecule has 1 aliphatic carbocycles. The zero-order valence-electron chi connectivity index (χ0n) is 19.4. The van der Waals surface area contributed by atoms with E-state index in [2.05, 4.69) is 15.3 Å². The molecule has 2 heterocycles. The van der Waals surface area contributed by atoms with Crippen molar-refractivity contribution in [1.82, 2.24) is 9.97 Å². The summed E-state index contributed by atoms with van der Waals surface area (Å²) >= 11 is 0. The van der Waals surface area contributed by atoms with Gasteiger partial charge in [0.1, 0.15) is 11.6 Å². The smallest absolute Gasteiger partial charge is 0.228 e. The van der Waals surface area contributed by atoms with E-state index in [4.69, 9.17) is 4.42 Å². The van der Waals surface area contributed by atoms with Crippen molar-refractivity contribution in [3.05, 3.63) is 65.3 Å². The van der Waals surface area contributed by atoms with Gasteiger partial charge in [0.2, 0.25) is 5.91 Å². The second-order valence-electron chi connectivity index (χ2n) is 9.61. The van der Waals surface area contributed by atoms with Crippen molar-refractivity contribution < 1.29 is 18.4 Å². The summed E-state index contributed by atoms with van der Waals surface area (Å²) in [6.45, 7) is 7.61. The monoisotopic (exact) mass is 449 g/mol. The highest BCUT2D eigenvalue weighted by Gasteiger charge is 2.30. The summed E-state index contributed by atoms with van der Waals surface area (Å²) in [6, 6.07) is 6.93. The summed E-state index contributed by atoms with van der Waals surface area (Å²) < 4.78 is 20.9. The fourth-order valence-electron chi connectivity index (χ4n) is 3.58. The van der Waals surface area contributed by atoms with Crippen molar-refractivity contribution in [1.29, 1.82) is 0 Å². The van der Waals surface area contributed by atoms with Crippen LogP contribution in [-0.2, 0) is 16.6 Å². The highest BCUT2D eigenvalue weighted by Crippen LogP contribution is 2.32. The Morgan fingerprint density at radius 1 is 1.18 bits per heavy atom. The number of oxazole rings is 1. The lowest BCUT2D eigenvalue weighted by Gasteiger charge is -2.12. The molecular weight excluding hydrogens is 421 g/mol. The van der Waals surface area contributed by atoms with Gasteiger partial charge in [-0.15, -0.1) is 0 Å². The molecule has 1 amide bonds.